The Bertz CT molecular complexity index is 943. The van der Waals surface area contributed by atoms with Crippen LogP contribution in [0.3, 0.4) is 0 Å². The predicted octanol–water partition coefficient (Wildman–Crippen LogP) is 4.48. The molecular formula is C20H19FN4O. The summed E-state index contributed by atoms with van der Waals surface area (Å²) in [5, 5.41) is 5.76. The Morgan fingerprint density at radius 2 is 1.73 bits per heavy atom. The van der Waals surface area contributed by atoms with Crippen LogP contribution < -0.4 is 10.6 Å². The largest absolute Gasteiger partial charge is 0.340 e. The van der Waals surface area contributed by atoms with Crippen LogP contribution in [0, 0.1) is 12.7 Å². The molecule has 1 aromatic heterocycles. The molecule has 0 radical (unpaired) electrons. The second-order valence-electron chi connectivity index (χ2n) is 5.76. The Hall–Kier alpha value is -3.28. The number of para-hydroxylation sites is 2. The van der Waals surface area contributed by atoms with Gasteiger partial charge in [-0.3, -0.25) is 4.79 Å². The molecule has 0 saturated heterocycles. The minimum Gasteiger partial charge on any atom is -0.340 e. The number of carbonyl (C=O) groups excluding carboxylic acids is 1. The number of aromatic nitrogens is 2. The van der Waals surface area contributed by atoms with Gasteiger partial charge in [-0.05, 0) is 37.1 Å². The summed E-state index contributed by atoms with van der Waals surface area (Å²) in [6, 6.07) is 15.4. The lowest BCUT2D eigenvalue weighted by molar-refractivity contribution is 0.102. The van der Waals surface area contributed by atoms with E-state index in [1.807, 2.05) is 24.3 Å². The first-order valence-electron chi connectivity index (χ1n) is 8.33. The Morgan fingerprint density at radius 3 is 2.46 bits per heavy atom. The fraction of sp³-hybridized carbons (Fsp3) is 0.150. The van der Waals surface area contributed by atoms with E-state index in [0.717, 1.165) is 17.7 Å². The summed E-state index contributed by atoms with van der Waals surface area (Å²) in [7, 11) is 0. The normalized spacial score (nSPS) is 10.4. The van der Waals surface area contributed by atoms with Crippen LogP contribution in [0.5, 0.6) is 0 Å². The summed E-state index contributed by atoms with van der Waals surface area (Å²) in [6.07, 6.45) is 0.869. The molecule has 0 unspecified atom stereocenters. The van der Waals surface area contributed by atoms with Crippen molar-refractivity contribution in [2.75, 3.05) is 10.6 Å². The Balaban J connectivity index is 1.85. The molecule has 0 fully saturated rings. The summed E-state index contributed by atoms with van der Waals surface area (Å²) >= 11 is 0. The molecule has 0 saturated carbocycles. The lowest BCUT2D eigenvalue weighted by Crippen LogP contribution is -2.16. The highest BCUT2D eigenvalue weighted by molar-refractivity contribution is 6.03. The number of anilines is 3. The highest BCUT2D eigenvalue weighted by Gasteiger charge is 2.13. The van der Waals surface area contributed by atoms with Crippen molar-refractivity contribution in [3.63, 3.8) is 0 Å². The first kappa shape index (κ1) is 17.5. The van der Waals surface area contributed by atoms with Crippen molar-refractivity contribution in [1.82, 2.24) is 9.97 Å². The average Bonchev–Trinajstić information content (AvgIpc) is 2.63. The van der Waals surface area contributed by atoms with E-state index >= 15 is 0 Å². The van der Waals surface area contributed by atoms with Crippen molar-refractivity contribution in [2.45, 2.75) is 20.3 Å². The third-order valence-electron chi connectivity index (χ3n) is 3.85. The van der Waals surface area contributed by atoms with Gasteiger partial charge >= 0.3 is 0 Å². The zero-order valence-corrected chi connectivity index (χ0v) is 14.6. The molecule has 26 heavy (non-hydrogen) atoms. The van der Waals surface area contributed by atoms with E-state index in [0.29, 0.717) is 11.6 Å². The van der Waals surface area contributed by atoms with Gasteiger partial charge in [0.1, 0.15) is 23.2 Å². The van der Waals surface area contributed by atoms with Gasteiger partial charge in [0.25, 0.3) is 5.91 Å². The summed E-state index contributed by atoms with van der Waals surface area (Å²) in [5.41, 5.74) is 2.34. The third-order valence-corrected chi connectivity index (χ3v) is 3.85. The highest BCUT2D eigenvalue weighted by atomic mass is 19.1. The van der Waals surface area contributed by atoms with E-state index in [1.54, 1.807) is 25.1 Å². The van der Waals surface area contributed by atoms with E-state index in [9.17, 15) is 9.18 Å². The summed E-state index contributed by atoms with van der Waals surface area (Å²) in [5.74, 6) is -0.0333. The zero-order chi connectivity index (χ0) is 18.5. The molecule has 0 aliphatic heterocycles. The number of rotatable bonds is 5. The zero-order valence-electron chi connectivity index (χ0n) is 14.6. The average molecular weight is 350 g/mol. The van der Waals surface area contributed by atoms with Crippen molar-refractivity contribution < 1.29 is 9.18 Å². The lowest BCUT2D eigenvalue weighted by atomic mass is 10.1. The van der Waals surface area contributed by atoms with Crippen LogP contribution in [0.1, 0.15) is 28.8 Å². The molecule has 5 nitrogen and oxygen atoms in total. The van der Waals surface area contributed by atoms with Crippen LogP contribution in [0.4, 0.5) is 21.6 Å². The summed E-state index contributed by atoms with van der Waals surface area (Å²) < 4.78 is 13.7. The molecule has 2 N–H and O–H groups in total. The van der Waals surface area contributed by atoms with E-state index in [-0.39, 0.29) is 11.4 Å². The molecular weight excluding hydrogens is 331 g/mol. The molecule has 3 rings (SSSR count). The highest BCUT2D eigenvalue weighted by Crippen LogP contribution is 2.21. The van der Waals surface area contributed by atoms with Crippen molar-refractivity contribution in [3.05, 3.63) is 77.5 Å². The molecule has 3 aromatic rings. The smallest absolute Gasteiger partial charge is 0.274 e. The molecule has 0 bridgehead atoms. The van der Waals surface area contributed by atoms with Gasteiger partial charge in [0.15, 0.2) is 0 Å². The van der Waals surface area contributed by atoms with Crippen molar-refractivity contribution in [2.24, 2.45) is 0 Å². The van der Waals surface area contributed by atoms with Crippen LogP contribution in [0.2, 0.25) is 0 Å². The van der Waals surface area contributed by atoms with Gasteiger partial charge in [0.2, 0.25) is 0 Å². The van der Waals surface area contributed by atoms with E-state index in [2.05, 4.69) is 27.5 Å². The fourth-order valence-corrected chi connectivity index (χ4v) is 2.59. The van der Waals surface area contributed by atoms with Crippen LogP contribution in [0.15, 0.2) is 54.6 Å². The standard InChI is InChI=1S/C20H19FN4O/c1-3-14-8-4-6-10-16(14)24-19-12-18(22-13(2)23-19)20(26)25-17-11-7-5-9-15(17)21/h4-12H,3H2,1-2H3,(H,25,26)(H,22,23,24). The third kappa shape index (κ3) is 4.03. The monoisotopic (exact) mass is 350 g/mol. The molecule has 0 aliphatic rings. The number of benzene rings is 2. The number of hydrogen-bond donors (Lipinski definition) is 2. The van der Waals surface area contributed by atoms with E-state index in [4.69, 9.17) is 0 Å². The van der Waals surface area contributed by atoms with Gasteiger partial charge in [-0.2, -0.15) is 0 Å². The van der Waals surface area contributed by atoms with E-state index in [1.165, 1.54) is 12.1 Å². The SMILES string of the molecule is CCc1ccccc1Nc1cc(C(=O)Nc2ccccc2F)nc(C)n1. The lowest BCUT2D eigenvalue weighted by Gasteiger charge is -2.12. The first-order valence-corrected chi connectivity index (χ1v) is 8.33. The minimum atomic E-state index is -0.498. The summed E-state index contributed by atoms with van der Waals surface area (Å²) in [4.78, 5) is 20.9. The van der Waals surface area contributed by atoms with Gasteiger partial charge < -0.3 is 10.6 Å². The van der Waals surface area contributed by atoms with Gasteiger partial charge in [0, 0.05) is 11.8 Å². The second kappa shape index (κ2) is 7.74. The summed E-state index contributed by atoms with van der Waals surface area (Å²) in [6.45, 7) is 3.77. The molecule has 0 aliphatic carbocycles. The maximum Gasteiger partial charge on any atom is 0.274 e. The number of halogens is 1. The molecule has 6 heteroatoms. The Morgan fingerprint density at radius 1 is 1.04 bits per heavy atom. The van der Waals surface area contributed by atoms with Gasteiger partial charge in [-0.25, -0.2) is 14.4 Å². The molecule has 132 valence electrons. The molecule has 0 atom stereocenters. The van der Waals surface area contributed by atoms with Crippen molar-refractivity contribution in [1.29, 1.82) is 0 Å². The van der Waals surface area contributed by atoms with E-state index < -0.39 is 11.7 Å². The fourth-order valence-electron chi connectivity index (χ4n) is 2.59. The second-order valence-corrected chi connectivity index (χ2v) is 5.76. The number of amides is 1. The van der Waals surface area contributed by atoms with Gasteiger partial charge in [-0.1, -0.05) is 37.3 Å². The maximum absolute atomic E-state index is 13.7. The number of hydrogen-bond acceptors (Lipinski definition) is 4. The number of carbonyl (C=O) groups is 1. The molecule has 1 amide bonds. The van der Waals surface area contributed by atoms with Crippen molar-refractivity contribution in [3.8, 4) is 0 Å². The number of nitrogens with one attached hydrogen (secondary N) is 2. The Labute approximate surface area is 151 Å². The van der Waals surface area contributed by atoms with Crippen molar-refractivity contribution >= 4 is 23.1 Å². The topological polar surface area (TPSA) is 66.9 Å². The Kier molecular flexibility index (Phi) is 5.22. The number of nitrogens with zero attached hydrogens (tertiary/aromatic N) is 2. The van der Waals surface area contributed by atoms with Gasteiger partial charge in [0.05, 0.1) is 5.69 Å². The van der Waals surface area contributed by atoms with Crippen LogP contribution >= 0.6 is 0 Å². The van der Waals surface area contributed by atoms with Crippen LogP contribution in [-0.2, 0) is 6.42 Å². The van der Waals surface area contributed by atoms with Crippen LogP contribution in [0.25, 0.3) is 0 Å². The predicted molar refractivity (Wildman–Crippen MR) is 100 cm³/mol. The van der Waals surface area contributed by atoms with Crippen LogP contribution in [-0.4, -0.2) is 15.9 Å². The van der Waals surface area contributed by atoms with Gasteiger partial charge in [-0.15, -0.1) is 0 Å². The first-order chi connectivity index (χ1) is 12.6. The number of aryl methyl sites for hydroxylation is 2. The quantitative estimate of drug-likeness (QED) is 0.712. The molecule has 1 heterocycles. The minimum absolute atomic E-state index is 0.111. The maximum atomic E-state index is 13.7. The molecule has 2 aromatic carbocycles. The molecule has 0 spiro atoms.